The summed E-state index contributed by atoms with van der Waals surface area (Å²) in [5, 5.41) is 14.6. The van der Waals surface area contributed by atoms with Crippen molar-refractivity contribution < 1.29 is 4.39 Å². The molecule has 0 aliphatic heterocycles. The van der Waals surface area contributed by atoms with Gasteiger partial charge in [0.1, 0.15) is 18.0 Å². The highest BCUT2D eigenvalue weighted by atomic mass is 127. The fourth-order valence-corrected chi connectivity index (χ4v) is 2.76. The largest absolute Gasteiger partial charge is 0.355 e. The highest BCUT2D eigenvalue weighted by Crippen LogP contribution is 2.18. The van der Waals surface area contributed by atoms with Crippen molar-refractivity contribution in [2.24, 2.45) is 4.99 Å². The van der Waals surface area contributed by atoms with Crippen molar-refractivity contribution in [3.8, 4) is 0 Å². The number of hydrogen-bond donors (Lipinski definition) is 2. The van der Waals surface area contributed by atoms with Crippen LogP contribution in [0.4, 0.5) is 4.39 Å². The van der Waals surface area contributed by atoms with Crippen molar-refractivity contribution in [3.63, 3.8) is 0 Å². The molecule has 27 heavy (non-hydrogen) atoms. The van der Waals surface area contributed by atoms with E-state index in [1.54, 1.807) is 25.5 Å². The van der Waals surface area contributed by atoms with Crippen LogP contribution in [0.1, 0.15) is 24.4 Å². The smallest absolute Gasteiger partial charge is 0.191 e. The Balaban J connectivity index is 0.00000364. The first-order chi connectivity index (χ1) is 12.5. The third-order valence-electron chi connectivity index (χ3n) is 4.20. The van der Waals surface area contributed by atoms with Crippen molar-refractivity contribution in [2.75, 3.05) is 34.2 Å². The molecule has 1 aromatic heterocycles. The summed E-state index contributed by atoms with van der Waals surface area (Å²) in [4.78, 5) is 6.31. The zero-order chi connectivity index (χ0) is 18.9. The molecule has 2 N–H and O–H groups in total. The van der Waals surface area contributed by atoms with Gasteiger partial charge in [-0.05, 0) is 31.8 Å². The number of likely N-dealkylation sites (N-methyl/N-ethyl adjacent to an activating group) is 1. The summed E-state index contributed by atoms with van der Waals surface area (Å²) < 4.78 is 15.6. The van der Waals surface area contributed by atoms with Gasteiger partial charge in [0.05, 0.1) is 6.04 Å². The molecule has 150 valence electrons. The minimum atomic E-state index is -0.225. The van der Waals surface area contributed by atoms with Gasteiger partial charge < -0.3 is 20.1 Å². The fraction of sp³-hybridized carbons (Fsp3) is 0.500. The number of aliphatic imine (C=N–C) groups is 1. The second kappa shape index (κ2) is 11.9. The molecule has 1 atom stereocenters. The highest BCUT2D eigenvalue weighted by molar-refractivity contribution is 14.0. The lowest BCUT2D eigenvalue weighted by Crippen LogP contribution is -2.42. The Morgan fingerprint density at radius 2 is 2.11 bits per heavy atom. The first-order valence-electron chi connectivity index (χ1n) is 8.78. The van der Waals surface area contributed by atoms with E-state index >= 15 is 0 Å². The summed E-state index contributed by atoms with van der Waals surface area (Å²) in [5.41, 5.74) is 0.926. The van der Waals surface area contributed by atoms with Gasteiger partial charge >= 0.3 is 0 Å². The first kappa shape index (κ1) is 23.3. The van der Waals surface area contributed by atoms with E-state index < -0.39 is 0 Å². The van der Waals surface area contributed by atoms with E-state index in [2.05, 4.69) is 37.6 Å². The van der Waals surface area contributed by atoms with E-state index in [1.807, 2.05) is 24.7 Å². The Labute approximate surface area is 177 Å². The maximum atomic E-state index is 13.5. The summed E-state index contributed by atoms with van der Waals surface area (Å²) in [7, 11) is 5.69. The predicted molar refractivity (Wildman–Crippen MR) is 117 cm³/mol. The summed E-state index contributed by atoms with van der Waals surface area (Å²) in [6.45, 7) is 4.14. The van der Waals surface area contributed by atoms with Crippen LogP contribution >= 0.6 is 24.0 Å². The van der Waals surface area contributed by atoms with Crippen LogP contribution in [0.5, 0.6) is 0 Å². The van der Waals surface area contributed by atoms with Gasteiger partial charge in [-0.15, -0.1) is 34.2 Å². The molecule has 0 saturated heterocycles. The Kier molecular flexibility index (Phi) is 10.2. The summed E-state index contributed by atoms with van der Waals surface area (Å²) in [6, 6.07) is 6.73. The zero-order valence-electron chi connectivity index (χ0n) is 16.3. The van der Waals surface area contributed by atoms with Crippen LogP contribution in [0.3, 0.4) is 0 Å². The van der Waals surface area contributed by atoms with Crippen LogP contribution in [-0.4, -0.2) is 59.9 Å². The molecule has 0 bridgehead atoms. The molecule has 2 rings (SSSR count). The quantitative estimate of drug-likeness (QED) is 0.338. The molecular weight excluding hydrogens is 460 g/mol. The van der Waals surface area contributed by atoms with Gasteiger partial charge in [-0.2, -0.15) is 0 Å². The Hall–Kier alpha value is -1.75. The molecule has 1 unspecified atom stereocenters. The van der Waals surface area contributed by atoms with Crippen LogP contribution in [-0.2, 0) is 13.0 Å². The molecule has 0 aliphatic rings. The summed E-state index contributed by atoms with van der Waals surface area (Å²) >= 11 is 0. The normalized spacial score (nSPS) is 12.6. The molecule has 9 heteroatoms. The molecule has 2 aromatic rings. The summed E-state index contributed by atoms with van der Waals surface area (Å²) in [5.74, 6) is 1.45. The Morgan fingerprint density at radius 3 is 2.74 bits per heavy atom. The minimum absolute atomic E-state index is 0. The SMILES string of the molecule is CCc1nncn1CCNC(=NC)NCC(c1cccc(F)c1)N(C)C.I. The minimum Gasteiger partial charge on any atom is -0.355 e. The molecule has 0 saturated carbocycles. The van der Waals surface area contributed by atoms with Gasteiger partial charge in [0, 0.05) is 33.1 Å². The van der Waals surface area contributed by atoms with E-state index in [0.717, 1.165) is 24.4 Å². The van der Waals surface area contributed by atoms with Gasteiger partial charge in [-0.25, -0.2) is 4.39 Å². The fourth-order valence-electron chi connectivity index (χ4n) is 2.76. The zero-order valence-corrected chi connectivity index (χ0v) is 18.6. The van der Waals surface area contributed by atoms with Gasteiger partial charge in [-0.3, -0.25) is 4.99 Å². The third-order valence-corrected chi connectivity index (χ3v) is 4.20. The number of nitrogens with zero attached hydrogens (tertiary/aromatic N) is 5. The number of hydrogen-bond acceptors (Lipinski definition) is 4. The molecule has 7 nitrogen and oxygen atoms in total. The van der Waals surface area contributed by atoms with E-state index in [4.69, 9.17) is 0 Å². The number of benzene rings is 1. The lowest BCUT2D eigenvalue weighted by molar-refractivity contribution is 0.297. The standard InChI is InChI=1S/C18H28FN7.HI/c1-5-17-24-23-13-26(17)10-9-21-18(20-2)22-12-16(25(3)4)14-7-6-8-15(19)11-14;/h6-8,11,13,16H,5,9-10,12H2,1-4H3,(H2,20,21,22);1H. The average Bonchev–Trinajstić information content (AvgIpc) is 3.07. The van der Waals surface area contributed by atoms with Gasteiger partial charge in [0.2, 0.25) is 0 Å². The number of halogens is 2. The lowest BCUT2D eigenvalue weighted by atomic mass is 10.1. The molecule has 0 fully saturated rings. The van der Waals surface area contributed by atoms with Crippen molar-refractivity contribution >= 4 is 29.9 Å². The van der Waals surface area contributed by atoms with Crippen molar-refractivity contribution in [1.82, 2.24) is 30.3 Å². The van der Waals surface area contributed by atoms with Crippen LogP contribution in [0, 0.1) is 5.82 Å². The molecule has 0 spiro atoms. The van der Waals surface area contributed by atoms with E-state index in [9.17, 15) is 4.39 Å². The van der Waals surface area contributed by atoms with E-state index in [-0.39, 0.29) is 35.8 Å². The number of aromatic nitrogens is 3. The molecule has 0 aliphatic carbocycles. The van der Waals surface area contributed by atoms with Crippen LogP contribution in [0.25, 0.3) is 0 Å². The second-order valence-corrected chi connectivity index (χ2v) is 6.21. The number of nitrogens with one attached hydrogen (secondary N) is 2. The highest BCUT2D eigenvalue weighted by Gasteiger charge is 2.15. The van der Waals surface area contributed by atoms with Gasteiger partial charge in [0.15, 0.2) is 5.96 Å². The van der Waals surface area contributed by atoms with Gasteiger partial charge in [0.25, 0.3) is 0 Å². The Morgan fingerprint density at radius 1 is 1.33 bits per heavy atom. The monoisotopic (exact) mass is 489 g/mol. The predicted octanol–water partition coefficient (Wildman–Crippen LogP) is 2.07. The molecule has 1 heterocycles. The third kappa shape index (κ3) is 7.06. The van der Waals surface area contributed by atoms with E-state index in [1.165, 1.54) is 6.07 Å². The number of rotatable bonds is 8. The maximum absolute atomic E-state index is 13.5. The average molecular weight is 489 g/mol. The van der Waals surface area contributed by atoms with Crippen molar-refractivity contribution in [1.29, 1.82) is 0 Å². The molecular formula is C18H29FIN7. The topological polar surface area (TPSA) is 70.4 Å². The lowest BCUT2D eigenvalue weighted by Gasteiger charge is -2.26. The maximum Gasteiger partial charge on any atom is 0.191 e. The number of aryl methyl sites for hydroxylation is 1. The van der Waals surface area contributed by atoms with Crippen molar-refractivity contribution in [3.05, 3.63) is 47.8 Å². The van der Waals surface area contributed by atoms with E-state index in [0.29, 0.717) is 19.0 Å². The van der Waals surface area contributed by atoms with Crippen LogP contribution < -0.4 is 10.6 Å². The summed E-state index contributed by atoms with van der Waals surface area (Å²) in [6.07, 6.45) is 2.59. The van der Waals surface area contributed by atoms with Crippen molar-refractivity contribution in [2.45, 2.75) is 25.9 Å². The molecule has 1 aromatic carbocycles. The molecule has 0 amide bonds. The van der Waals surface area contributed by atoms with Crippen LogP contribution in [0.15, 0.2) is 35.6 Å². The molecule has 0 radical (unpaired) electrons. The Bertz CT molecular complexity index is 717. The first-order valence-corrected chi connectivity index (χ1v) is 8.78. The number of guanidine groups is 1. The second-order valence-electron chi connectivity index (χ2n) is 6.21. The van der Waals surface area contributed by atoms with Crippen LogP contribution in [0.2, 0.25) is 0 Å². The van der Waals surface area contributed by atoms with Gasteiger partial charge in [-0.1, -0.05) is 19.1 Å².